The van der Waals surface area contributed by atoms with Gasteiger partial charge in [-0.25, -0.2) is 0 Å². The van der Waals surface area contributed by atoms with Crippen molar-refractivity contribution in [1.82, 2.24) is 5.32 Å². The first kappa shape index (κ1) is 15.6. The second kappa shape index (κ2) is 6.32. The van der Waals surface area contributed by atoms with Crippen LogP contribution in [0.25, 0.3) is 0 Å². The first-order chi connectivity index (χ1) is 9.39. The third kappa shape index (κ3) is 3.65. The van der Waals surface area contributed by atoms with E-state index in [1.165, 1.54) is 0 Å². The van der Waals surface area contributed by atoms with Gasteiger partial charge in [-0.2, -0.15) is 13.2 Å². The Kier molecular flexibility index (Phi) is 4.93. The average Bonchev–Trinajstić information content (AvgIpc) is 2.38. The van der Waals surface area contributed by atoms with Gasteiger partial charge in [-0.05, 0) is 47.6 Å². The zero-order valence-electron chi connectivity index (χ0n) is 10.7. The molecule has 2 rings (SSSR count). The molecule has 0 aliphatic heterocycles. The number of alkyl halides is 3. The fourth-order valence-electron chi connectivity index (χ4n) is 2.59. The molecular formula is C14H15F3INO. The molecule has 1 saturated carbocycles. The quantitative estimate of drug-likeness (QED) is 0.747. The summed E-state index contributed by atoms with van der Waals surface area (Å²) in [5, 5.41) is 2.57. The Morgan fingerprint density at radius 2 is 1.85 bits per heavy atom. The van der Waals surface area contributed by atoms with Crippen molar-refractivity contribution in [2.24, 2.45) is 5.92 Å². The van der Waals surface area contributed by atoms with Crippen molar-refractivity contribution in [2.45, 2.75) is 37.9 Å². The number of rotatable bonds is 2. The van der Waals surface area contributed by atoms with Crippen molar-refractivity contribution in [3.63, 3.8) is 0 Å². The van der Waals surface area contributed by atoms with Crippen molar-refractivity contribution in [2.75, 3.05) is 0 Å². The lowest BCUT2D eigenvalue weighted by Gasteiger charge is -2.33. The Morgan fingerprint density at radius 1 is 1.20 bits per heavy atom. The van der Waals surface area contributed by atoms with Gasteiger partial charge in [0.1, 0.15) is 0 Å². The Bertz CT molecular complexity index is 490. The summed E-state index contributed by atoms with van der Waals surface area (Å²) in [6, 6.07) is 6.07. The normalized spacial score (nSPS) is 23.4. The van der Waals surface area contributed by atoms with Crippen molar-refractivity contribution < 1.29 is 18.0 Å². The molecule has 0 aromatic heterocycles. The Morgan fingerprint density at radius 3 is 2.50 bits per heavy atom. The molecule has 2 unspecified atom stereocenters. The van der Waals surface area contributed by atoms with Gasteiger partial charge in [0.15, 0.2) is 0 Å². The molecule has 1 amide bonds. The summed E-state index contributed by atoms with van der Waals surface area (Å²) >= 11 is 2.01. The Balaban J connectivity index is 2.11. The molecular weight excluding hydrogens is 382 g/mol. The number of hydrogen-bond donors (Lipinski definition) is 1. The molecule has 0 spiro atoms. The highest BCUT2D eigenvalue weighted by molar-refractivity contribution is 14.1. The SMILES string of the molecule is O=C(NC1CCCCC1C(F)(F)F)c1ccccc1I. The van der Waals surface area contributed by atoms with Gasteiger partial charge in [-0.1, -0.05) is 25.0 Å². The number of carbonyl (C=O) groups excluding carboxylic acids is 1. The molecule has 110 valence electrons. The van der Waals surface area contributed by atoms with E-state index < -0.39 is 24.0 Å². The average molecular weight is 397 g/mol. The summed E-state index contributed by atoms with van der Waals surface area (Å²) in [5.41, 5.74) is 0.430. The minimum absolute atomic E-state index is 0.0975. The predicted molar refractivity (Wildman–Crippen MR) is 78.4 cm³/mol. The molecule has 0 saturated heterocycles. The molecule has 0 radical (unpaired) electrons. The summed E-state index contributed by atoms with van der Waals surface area (Å²) in [7, 11) is 0. The highest BCUT2D eigenvalue weighted by Crippen LogP contribution is 2.37. The van der Waals surface area contributed by atoms with E-state index in [1.54, 1.807) is 24.3 Å². The van der Waals surface area contributed by atoms with Gasteiger partial charge in [0.25, 0.3) is 5.91 Å². The maximum Gasteiger partial charge on any atom is 0.393 e. The van der Waals surface area contributed by atoms with E-state index in [0.29, 0.717) is 18.4 Å². The van der Waals surface area contributed by atoms with Gasteiger partial charge in [0.05, 0.1) is 11.5 Å². The zero-order valence-corrected chi connectivity index (χ0v) is 12.9. The maximum absolute atomic E-state index is 13.0. The Labute approximate surface area is 129 Å². The van der Waals surface area contributed by atoms with Crippen LogP contribution in [-0.2, 0) is 0 Å². The van der Waals surface area contributed by atoms with Crippen LogP contribution in [0.3, 0.4) is 0 Å². The van der Waals surface area contributed by atoms with Crippen LogP contribution in [0.4, 0.5) is 13.2 Å². The summed E-state index contributed by atoms with van der Waals surface area (Å²) in [5.74, 6) is -1.85. The topological polar surface area (TPSA) is 29.1 Å². The lowest BCUT2D eigenvalue weighted by Crippen LogP contribution is -2.47. The molecule has 0 bridgehead atoms. The van der Waals surface area contributed by atoms with Crippen LogP contribution in [0.5, 0.6) is 0 Å². The second-order valence-corrected chi connectivity index (χ2v) is 6.15. The molecule has 6 heteroatoms. The van der Waals surface area contributed by atoms with Crippen molar-refractivity contribution in [3.05, 3.63) is 33.4 Å². The standard InChI is InChI=1S/C14H15F3INO/c15-14(16,17)10-6-2-4-8-12(10)19-13(20)9-5-1-3-7-11(9)18/h1,3,5,7,10,12H,2,4,6,8H2,(H,19,20). The zero-order chi connectivity index (χ0) is 14.8. The third-order valence-electron chi connectivity index (χ3n) is 3.62. The van der Waals surface area contributed by atoms with Gasteiger partial charge >= 0.3 is 6.18 Å². The van der Waals surface area contributed by atoms with Gasteiger partial charge in [-0.3, -0.25) is 4.79 Å². The van der Waals surface area contributed by atoms with E-state index in [2.05, 4.69) is 5.32 Å². The summed E-state index contributed by atoms with van der Waals surface area (Å²) in [4.78, 5) is 12.1. The molecule has 20 heavy (non-hydrogen) atoms. The minimum atomic E-state index is -4.25. The van der Waals surface area contributed by atoms with Crippen LogP contribution < -0.4 is 5.32 Å². The monoisotopic (exact) mass is 397 g/mol. The predicted octanol–water partition coefficient (Wildman–Crippen LogP) is 4.14. The van der Waals surface area contributed by atoms with Crippen LogP contribution in [-0.4, -0.2) is 18.1 Å². The number of carbonyl (C=O) groups is 1. The van der Waals surface area contributed by atoms with Gasteiger partial charge in [-0.15, -0.1) is 0 Å². The minimum Gasteiger partial charge on any atom is -0.349 e. The maximum atomic E-state index is 13.0. The molecule has 1 aliphatic rings. The summed E-state index contributed by atoms with van der Waals surface area (Å²) in [6.45, 7) is 0. The second-order valence-electron chi connectivity index (χ2n) is 4.99. The van der Waals surface area contributed by atoms with E-state index in [4.69, 9.17) is 0 Å². The third-order valence-corrected chi connectivity index (χ3v) is 4.56. The molecule has 0 heterocycles. The highest BCUT2D eigenvalue weighted by atomic mass is 127. The first-order valence-electron chi connectivity index (χ1n) is 6.51. The van der Waals surface area contributed by atoms with E-state index in [9.17, 15) is 18.0 Å². The smallest absolute Gasteiger partial charge is 0.349 e. The first-order valence-corrected chi connectivity index (χ1v) is 7.59. The summed E-state index contributed by atoms with van der Waals surface area (Å²) in [6.07, 6.45) is -2.47. The van der Waals surface area contributed by atoms with Crippen molar-refractivity contribution in [1.29, 1.82) is 0 Å². The fraction of sp³-hybridized carbons (Fsp3) is 0.500. The van der Waals surface area contributed by atoms with Crippen LogP contribution in [0.2, 0.25) is 0 Å². The van der Waals surface area contributed by atoms with E-state index in [1.807, 2.05) is 22.6 Å². The molecule has 2 atom stereocenters. The van der Waals surface area contributed by atoms with Gasteiger partial charge in [0, 0.05) is 9.61 Å². The van der Waals surface area contributed by atoms with Crippen LogP contribution in [0, 0.1) is 9.49 Å². The molecule has 1 aliphatic carbocycles. The van der Waals surface area contributed by atoms with Crippen molar-refractivity contribution >= 4 is 28.5 Å². The Hall–Kier alpha value is -0.790. The van der Waals surface area contributed by atoms with Crippen LogP contribution in [0.15, 0.2) is 24.3 Å². The molecule has 1 aromatic rings. The number of nitrogens with one attached hydrogen (secondary N) is 1. The summed E-state index contributed by atoms with van der Waals surface area (Å²) < 4.78 is 39.7. The molecule has 2 nitrogen and oxygen atoms in total. The van der Waals surface area contributed by atoms with E-state index in [-0.39, 0.29) is 6.42 Å². The highest BCUT2D eigenvalue weighted by Gasteiger charge is 2.46. The molecule has 1 fully saturated rings. The number of benzene rings is 1. The van der Waals surface area contributed by atoms with Crippen LogP contribution >= 0.6 is 22.6 Å². The van der Waals surface area contributed by atoms with Crippen molar-refractivity contribution in [3.8, 4) is 0 Å². The molecule has 1 aromatic carbocycles. The lowest BCUT2D eigenvalue weighted by molar-refractivity contribution is -0.187. The van der Waals surface area contributed by atoms with E-state index in [0.717, 1.165) is 9.99 Å². The van der Waals surface area contributed by atoms with E-state index >= 15 is 0 Å². The number of amides is 1. The number of halogens is 4. The van der Waals surface area contributed by atoms with Gasteiger partial charge < -0.3 is 5.32 Å². The largest absolute Gasteiger partial charge is 0.393 e. The fourth-order valence-corrected chi connectivity index (χ4v) is 3.22. The van der Waals surface area contributed by atoms with Crippen LogP contribution in [0.1, 0.15) is 36.0 Å². The molecule has 1 N–H and O–H groups in total. The van der Waals surface area contributed by atoms with Gasteiger partial charge in [0.2, 0.25) is 0 Å². The number of hydrogen-bond acceptors (Lipinski definition) is 1. The lowest BCUT2D eigenvalue weighted by atomic mass is 9.84.